The Morgan fingerprint density at radius 2 is 2.05 bits per heavy atom. The van der Waals surface area contributed by atoms with E-state index in [4.69, 9.17) is 34.4 Å². The maximum absolute atomic E-state index is 11.5. The Morgan fingerprint density at radius 3 is 2.68 bits per heavy atom. The smallest absolute Gasteiger partial charge is 0.310 e. The normalized spacial score (nSPS) is 9.53. The molecule has 0 aliphatic heterocycles. The Bertz CT molecular complexity index is 523. The summed E-state index contributed by atoms with van der Waals surface area (Å²) < 4.78 is 4.78. The van der Waals surface area contributed by atoms with Gasteiger partial charge in [0.25, 0.3) is 5.91 Å². The number of ether oxygens (including phenoxy) is 1. The summed E-state index contributed by atoms with van der Waals surface area (Å²) in [4.78, 5) is 22.6. The van der Waals surface area contributed by atoms with Crippen LogP contribution in [-0.4, -0.2) is 25.0 Å². The van der Waals surface area contributed by atoms with E-state index in [9.17, 15) is 9.59 Å². The molecule has 1 aromatic carbocycles. The van der Waals surface area contributed by atoms with Gasteiger partial charge in [-0.05, 0) is 17.7 Å². The second-order valence-corrected chi connectivity index (χ2v) is 4.38. The number of benzene rings is 1. The standard InChI is InChI=1S/C13H11Cl2NO3/c1-2-5-16-12(17)8-19-13(18)7-9-3-4-10(14)11(15)6-9/h1,3-4,6H,5,7-8H2,(H,16,17). The number of carbonyl (C=O) groups is 2. The van der Waals surface area contributed by atoms with Crippen LogP contribution in [0.2, 0.25) is 10.0 Å². The number of nitrogens with one attached hydrogen (secondary N) is 1. The third-order valence-corrected chi connectivity index (χ3v) is 2.82. The number of rotatable bonds is 5. The van der Waals surface area contributed by atoms with Crippen LogP contribution in [0.4, 0.5) is 0 Å². The molecule has 0 fully saturated rings. The molecule has 0 aliphatic carbocycles. The van der Waals surface area contributed by atoms with Crippen LogP contribution in [-0.2, 0) is 20.7 Å². The van der Waals surface area contributed by atoms with Crippen LogP contribution in [0.1, 0.15) is 5.56 Å². The van der Waals surface area contributed by atoms with Gasteiger partial charge in [-0.1, -0.05) is 35.2 Å². The summed E-state index contributed by atoms with van der Waals surface area (Å²) >= 11 is 11.6. The van der Waals surface area contributed by atoms with Gasteiger partial charge in [0.15, 0.2) is 6.61 Å². The maximum atomic E-state index is 11.5. The van der Waals surface area contributed by atoms with Crippen LogP contribution in [0.25, 0.3) is 0 Å². The molecule has 100 valence electrons. The predicted molar refractivity (Wildman–Crippen MR) is 73.0 cm³/mol. The van der Waals surface area contributed by atoms with E-state index < -0.39 is 11.9 Å². The van der Waals surface area contributed by atoms with E-state index in [0.717, 1.165) is 0 Å². The lowest BCUT2D eigenvalue weighted by atomic mass is 10.1. The lowest BCUT2D eigenvalue weighted by Gasteiger charge is -2.05. The van der Waals surface area contributed by atoms with Gasteiger partial charge in [-0.25, -0.2) is 0 Å². The van der Waals surface area contributed by atoms with E-state index in [1.54, 1.807) is 18.2 Å². The Morgan fingerprint density at radius 1 is 1.32 bits per heavy atom. The van der Waals surface area contributed by atoms with Crippen molar-refractivity contribution in [3.8, 4) is 12.3 Å². The van der Waals surface area contributed by atoms with Crippen molar-refractivity contribution < 1.29 is 14.3 Å². The Hall–Kier alpha value is -1.70. The fourth-order valence-electron chi connectivity index (χ4n) is 1.21. The summed E-state index contributed by atoms with van der Waals surface area (Å²) in [6, 6.07) is 4.82. The van der Waals surface area contributed by atoms with Gasteiger partial charge in [0.05, 0.1) is 23.0 Å². The topological polar surface area (TPSA) is 55.4 Å². The van der Waals surface area contributed by atoms with Crippen molar-refractivity contribution in [3.05, 3.63) is 33.8 Å². The Kier molecular flexibility index (Phi) is 6.20. The van der Waals surface area contributed by atoms with E-state index in [1.807, 2.05) is 0 Å². The lowest BCUT2D eigenvalue weighted by Crippen LogP contribution is -2.29. The molecule has 0 heterocycles. The SMILES string of the molecule is C#CCNC(=O)COC(=O)Cc1ccc(Cl)c(Cl)c1. The van der Waals surface area contributed by atoms with Crippen molar-refractivity contribution >= 4 is 35.1 Å². The quantitative estimate of drug-likeness (QED) is 0.667. The van der Waals surface area contributed by atoms with Gasteiger partial charge in [0, 0.05) is 0 Å². The molecule has 1 aromatic rings. The highest BCUT2D eigenvalue weighted by Crippen LogP contribution is 2.22. The van der Waals surface area contributed by atoms with Crippen LogP contribution in [0, 0.1) is 12.3 Å². The monoisotopic (exact) mass is 299 g/mol. The molecule has 0 saturated heterocycles. The second-order valence-electron chi connectivity index (χ2n) is 3.57. The van der Waals surface area contributed by atoms with Crippen LogP contribution in [0.5, 0.6) is 0 Å². The summed E-state index contributed by atoms with van der Waals surface area (Å²) in [5.41, 5.74) is 0.656. The third kappa shape index (κ3) is 5.64. The lowest BCUT2D eigenvalue weighted by molar-refractivity contribution is -0.147. The average molecular weight is 300 g/mol. The number of carbonyl (C=O) groups excluding carboxylic acids is 2. The minimum absolute atomic E-state index is 0.0132. The van der Waals surface area contributed by atoms with E-state index >= 15 is 0 Å². The highest BCUT2D eigenvalue weighted by molar-refractivity contribution is 6.42. The first-order valence-electron chi connectivity index (χ1n) is 5.32. The number of halogens is 2. The fraction of sp³-hybridized carbons (Fsp3) is 0.231. The minimum Gasteiger partial charge on any atom is -0.455 e. The second kappa shape index (κ2) is 7.67. The number of amides is 1. The molecule has 19 heavy (non-hydrogen) atoms. The van der Waals surface area contributed by atoms with Gasteiger partial charge in [-0.3, -0.25) is 9.59 Å². The van der Waals surface area contributed by atoms with E-state index in [0.29, 0.717) is 15.6 Å². The molecular weight excluding hydrogens is 289 g/mol. The first-order valence-corrected chi connectivity index (χ1v) is 6.08. The molecular formula is C13H11Cl2NO3. The molecule has 6 heteroatoms. The van der Waals surface area contributed by atoms with Gasteiger partial charge in [0.2, 0.25) is 0 Å². The highest BCUT2D eigenvalue weighted by atomic mass is 35.5. The van der Waals surface area contributed by atoms with Gasteiger partial charge < -0.3 is 10.1 Å². The van der Waals surface area contributed by atoms with Crippen molar-refractivity contribution in [1.82, 2.24) is 5.32 Å². The predicted octanol–water partition coefficient (Wildman–Crippen LogP) is 1.83. The van der Waals surface area contributed by atoms with Crippen molar-refractivity contribution in [2.24, 2.45) is 0 Å². The van der Waals surface area contributed by atoms with Crippen LogP contribution >= 0.6 is 23.2 Å². The van der Waals surface area contributed by atoms with E-state index in [2.05, 4.69) is 11.2 Å². The molecule has 0 aliphatic rings. The van der Waals surface area contributed by atoms with Crippen LogP contribution < -0.4 is 5.32 Å². The molecule has 0 unspecified atom stereocenters. The summed E-state index contributed by atoms with van der Waals surface area (Å²) in [6.45, 7) is -0.259. The molecule has 0 atom stereocenters. The van der Waals surface area contributed by atoms with Crippen LogP contribution in [0.15, 0.2) is 18.2 Å². The number of hydrogen-bond acceptors (Lipinski definition) is 3. The zero-order valence-corrected chi connectivity index (χ0v) is 11.4. The van der Waals surface area contributed by atoms with Crippen molar-refractivity contribution in [3.63, 3.8) is 0 Å². The van der Waals surface area contributed by atoms with Crippen molar-refractivity contribution in [2.45, 2.75) is 6.42 Å². The molecule has 0 bridgehead atoms. The van der Waals surface area contributed by atoms with Gasteiger partial charge in [-0.2, -0.15) is 0 Å². The van der Waals surface area contributed by atoms with E-state index in [-0.39, 0.29) is 19.6 Å². The summed E-state index contributed by atoms with van der Waals surface area (Å²) in [6.07, 6.45) is 4.98. The maximum Gasteiger partial charge on any atom is 0.310 e. The number of hydrogen-bond donors (Lipinski definition) is 1. The highest BCUT2D eigenvalue weighted by Gasteiger charge is 2.09. The molecule has 1 amide bonds. The molecule has 0 saturated carbocycles. The molecule has 1 rings (SSSR count). The molecule has 0 aromatic heterocycles. The van der Waals surface area contributed by atoms with Crippen molar-refractivity contribution in [1.29, 1.82) is 0 Å². The largest absolute Gasteiger partial charge is 0.455 e. The van der Waals surface area contributed by atoms with Crippen molar-refractivity contribution in [2.75, 3.05) is 13.2 Å². The fourth-order valence-corrected chi connectivity index (χ4v) is 1.53. The zero-order valence-electron chi connectivity index (χ0n) is 9.91. The van der Waals surface area contributed by atoms with Gasteiger partial charge in [0.1, 0.15) is 0 Å². The summed E-state index contributed by atoms with van der Waals surface area (Å²) in [5.74, 6) is 1.26. The van der Waals surface area contributed by atoms with Gasteiger partial charge in [-0.15, -0.1) is 6.42 Å². The van der Waals surface area contributed by atoms with E-state index in [1.165, 1.54) is 0 Å². The first kappa shape index (κ1) is 15.4. The molecule has 1 N–H and O–H groups in total. The van der Waals surface area contributed by atoms with Crippen LogP contribution in [0.3, 0.4) is 0 Å². The van der Waals surface area contributed by atoms with Gasteiger partial charge >= 0.3 is 5.97 Å². The molecule has 0 spiro atoms. The average Bonchev–Trinajstić information content (AvgIpc) is 2.38. The summed E-state index contributed by atoms with van der Waals surface area (Å²) in [5, 5.41) is 3.15. The number of terminal acetylenes is 1. The minimum atomic E-state index is -0.533. The summed E-state index contributed by atoms with van der Waals surface area (Å²) in [7, 11) is 0. The Balaban J connectivity index is 2.41. The zero-order chi connectivity index (χ0) is 14.3. The molecule has 0 radical (unpaired) electrons. The Labute approximate surface area is 121 Å². The first-order chi connectivity index (χ1) is 9.02. The third-order valence-electron chi connectivity index (χ3n) is 2.08. The molecule has 4 nitrogen and oxygen atoms in total. The number of esters is 1.